The summed E-state index contributed by atoms with van der Waals surface area (Å²) in [5, 5.41) is 9.19. The molecule has 1 fully saturated rings. The molecule has 0 unspecified atom stereocenters. The number of carbonyl (C=O) groups is 2. The SMILES string of the molecule is CCN(Cc1cccc(F)c1)C(=O)[C@@H]1CCC[C@@H]1C(=O)O. The highest BCUT2D eigenvalue weighted by Gasteiger charge is 2.39. The predicted octanol–water partition coefficient (Wildman–Crippen LogP) is 2.68. The normalized spacial score (nSPS) is 21.2. The van der Waals surface area contributed by atoms with E-state index in [2.05, 4.69) is 0 Å². The molecule has 21 heavy (non-hydrogen) atoms. The van der Waals surface area contributed by atoms with Crippen molar-refractivity contribution in [2.75, 3.05) is 6.54 Å². The summed E-state index contributed by atoms with van der Waals surface area (Å²) in [6, 6.07) is 6.14. The van der Waals surface area contributed by atoms with E-state index < -0.39 is 17.8 Å². The summed E-state index contributed by atoms with van der Waals surface area (Å²) in [6.07, 6.45) is 1.95. The van der Waals surface area contributed by atoms with Crippen LogP contribution in [0.4, 0.5) is 4.39 Å². The molecular formula is C16H20FNO3. The second kappa shape index (κ2) is 6.70. The minimum Gasteiger partial charge on any atom is -0.481 e. The van der Waals surface area contributed by atoms with Crippen LogP contribution < -0.4 is 0 Å². The van der Waals surface area contributed by atoms with Gasteiger partial charge in [0.15, 0.2) is 0 Å². The van der Waals surface area contributed by atoms with Gasteiger partial charge in [0.2, 0.25) is 5.91 Å². The van der Waals surface area contributed by atoms with Crippen molar-refractivity contribution in [2.45, 2.75) is 32.7 Å². The lowest BCUT2D eigenvalue weighted by molar-refractivity contribution is -0.149. The number of halogens is 1. The molecule has 5 heteroatoms. The van der Waals surface area contributed by atoms with Crippen LogP contribution in [0.25, 0.3) is 0 Å². The third-order valence-electron chi connectivity index (χ3n) is 4.11. The third-order valence-corrected chi connectivity index (χ3v) is 4.11. The lowest BCUT2D eigenvalue weighted by Gasteiger charge is -2.26. The van der Waals surface area contributed by atoms with Crippen LogP contribution in [-0.2, 0) is 16.1 Å². The fourth-order valence-corrected chi connectivity index (χ4v) is 2.99. The fourth-order valence-electron chi connectivity index (χ4n) is 2.99. The molecule has 0 bridgehead atoms. The molecule has 0 heterocycles. The number of hydrogen-bond donors (Lipinski definition) is 1. The van der Waals surface area contributed by atoms with Gasteiger partial charge < -0.3 is 10.0 Å². The van der Waals surface area contributed by atoms with E-state index in [-0.39, 0.29) is 11.7 Å². The smallest absolute Gasteiger partial charge is 0.307 e. The van der Waals surface area contributed by atoms with Gasteiger partial charge in [-0.1, -0.05) is 18.6 Å². The van der Waals surface area contributed by atoms with Gasteiger partial charge in [0.1, 0.15) is 5.82 Å². The first-order chi connectivity index (χ1) is 10.0. The first-order valence-electron chi connectivity index (χ1n) is 7.29. The van der Waals surface area contributed by atoms with Gasteiger partial charge in [0.05, 0.1) is 11.8 Å². The lowest BCUT2D eigenvalue weighted by Crippen LogP contribution is -2.38. The molecular weight excluding hydrogens is 273 g/mol. The molecule has 4 nitrogen and oxygen atoms in total. The zero-order valence-electron chi connectivity index (χ0n) is 12.1. The summed E-state index contributed by atoms with van der Waals surface area (Å²) in [5.74, 6) is -2.39. The Morgan fingerprint density at radius 1 is 1.33 bits per heavy atom. The third kappa shape index (κ3) is 3.60. The molecule has 1 aromatic carbocycles. The molecule has 1 aromatic rings. The average Bonchev–Trinajstić information content (AvgIpc) is 2.93. The zero-order valence-corrected chi connectivity index (χ0v) is 12.1. The Kier molecular flexibility index (Phi) is 4.94. The van der Waals surface area contributed by atoms with Crippen LogP contribution in [0, 0.1) is 17.7 Å². The molecule has 0 spiro atoms. The standard InChI is InChI=1S/C16H20FNO3/c1-2-18(10-11-5-3-6-12(17)9-11)15(19)13-7-4-8-14(13)16(20)21/h3,5-6,9,13-14H,2,4,7-8,10H2,1H3,(H,20,21)/t13-,14+/m1/s1. The molecule has 1 saturated carbocycles. The van der Waals surface area contributed by atoms with Gasteiger partial charge in [-0.05, 0) is 37.5 Å². The van der Waals surface area contributed by atoms with Gasteiger partial charge in [-0.3, -0.25) is 9.59 Å². The van der Waals surface area contributed by atoms with Crippen molar-refractivity contribution >= 4 is 11.9 Å². The monoisotopic (exact) mass is 293 g/mol. The topological polar surface area (TPSA) is 57.6 Å². The Bertz CT molecular complexity index is 532. The van der Waals surface area contributed by atoms with E-state index in [1.54, 1.807) is 17.0 Å². The molecule has 0 radical (unpaired) electrons. The molecule has 1 aliphatic carbocycles. The van der Waals surface area contributed by atoms with Crippen molar-refractivity contribution in [2.24, 2.45) is 11.8 Å². The highest BCUT2D eigenvalue weighted by Crippen LogP contribution is 2.33. The number of benzene rings is 1. The summed E-state index contributed by atoms with van der Waals surface area (Å²) in [4.78, 5) is 25.4. The van der Waals surface area contributed by atoms with E-state index in [0.29, 0.717) is 25.9 Å². The summed E-state index contributed by atoms with van der Waals surface area (Å²) >= 11 is 0. The van der Waals surface area contributed by atoms with Gasteiger partial charge in [-0.2, -0.15) is 0 Å². The van der Waals surface area contributed by atoms with E-state index in [0.717, 1.165) is 12.0 Å². The molecule has 1 amide bonds. The molecule has 2 atom stereocenters. The molecule has 114 valence electrons. The molecule has 0 aliphatic heterocycles. The Labute approximate surface area is 123 Å². The first kappa shape index (κ1) is 15.5. The predicted molar refractivity (Wildman–Crippen MR) is 76.0 cm³/mol. The molecule has 0 aromatic heterocycles. The van der Waals surface area contributed by atoms with Crippen molar-refractivity contribution in [1.29, 1.82) is 0 Å². The van der Waals surface area contributed by atoms with Gasteiger partial charge >= 0.3 is 5.97 Å². The van der Waals surface area contributed by atoms with Crippen LogP contribution in [0.5, 0.6) is 0 Å². The van der Waals surface area contributed by atoms with Crippen LogP contribution in [0.2, 0.25) is 0 Å². The number of amides is 1. The second-order valence-electron chi connectivity index (χ2n) is 5.46. The van der Waals surface area contributed by atoms with Crippen LogP contribution in [0.1, 0.15) is 31.7 Å². The Morgan fingerprint density at radius 3 is 2.67 bits per heavy atom. The summed E-state index contributed by atoms with van der Waals surface area (Å²) < 4.78 is 13.2. The summed E-state index contributed by atoms with van der Waals surface area (Å²) in [6.45, 7) is 2.65. The van der Waals surface area contributed by atoms with E-state index in [1.165, 1.54) is 12.1 Å². The van der Waals surface area contributed by atoms with Gasteiger partial charge in [-0.15, -0.1) is 0 Å². The Hall–Kier alpha value is -1.91. The highest BCUT2D eigenvalue weighted by atomic mass is 19.1. The summed E-state index contributed by atoms with van der Waals surface area (Å²) in [5.41, 5.74) is 0.718. The van der Waals surface area contributed by atoms with Crippen molar-refractivity contribution in [3.05, 3.63) is 35.6 Å². The molecule has 2 rings (SSSR count). The average molecular weight is 293 g/mol. The van der Waals surface area contributed by atoms with Crippen molar-refractivity contribution < 1.29 is 19.1 Å². The van der Waals surface area contributed by atoms with Crippen LogP contribution >= 0.6 is 0 Å². The number of carbonyl (C=O) groups excluding carboxylic acids is 1. The molecule has 0 saturated heterocycles. The van der Waals surface area contributed by atoms with E-state index in [9.17, 15) is 19.1 Å². The van der Waals surface area contributed by atoms with Gasteiger partial charge in [0.25, 0.3) is 0 Å². The van der Waals surface area contributed by atoms with Crippen LogP contribution in [0.3, 0.4) is 0 Å². The first-order valence-corrected chi connectivity index (χ1v) is 7.29. The van der Waals surface area contributed by atoms with Crippen molar-refractivity contribution in [3.8, 4) is 0 Å². The minimum atomic E-state index is -0.896. The fraction of sp³-hybridized carbons (Fsp3) is 0.500. The second-order valence-corrected chi connectivity index (χ2v) is 5.46. The molecule has 1 aliphatic rings. The minimum absolute atomic E-state index is 0.133. The number of carboxylic acids is 1. The number of aliphatic carboxylic acids is 1. The maximum Gasteiger partial charge on any atom is 0.307 e. The maximum atomic E-state index is 13.2. The number of rotatable bonds is 5. The maximum absolute atomic E-state index is 13.2. The van der Waals surface area contributed by atoms with E-state index >= 15 is 0 Å². The largest absolute Gasteiger partial charge is 0.481 e. The zero-order chi connectivity index (χ0) is 15.4. The quantitative estimate of drug-likeness (QED) is 0.908. The number of carboxylic acid groups (broad SMARTS) is 1. The van der Waals surface area contributed by atoms with Crippen LogP contribution in [-0.4, -0.2) is 28.4 Å². The Balaban J connectivity index is 2.10. The number of nitrogens with zero attached hydrogens (tertiary/aromatic N) is 1. The van der Waals surface area contributed by atoms with Crippen molar-refractivity contribution in [3.63, 3.8) is 0 Å². The van der Waals surface area contributed by atoms with Crippen molar-refractivity contribution in [1.82, 2.24) is 4.90 Å². The summed E-state index contributed by atoms with van der Waals surface area (Å²) in [7, 11) is 0. The van der Waals surface area contributed by atoms with Crippen LogP contribution in [0.15, 0.2) is 24.3 Å². The highest BCUT2D eigenvalue weighted by molar-refractivity contribution is 5.85. The van der Waals surface area contributed by atoms with Gasteiger partial charge in [0, 0.05) is 13.1 Å². The van der Waals surface area contributed by atoms with E-state index in [1.807, 2.05) is 6.92 Å². The lowest BCUT2D eigenvalue weighted by atomic mass is 9.94. The number of hydrogen-bond acceptors (Lipinski definition) is 2. The van der Waals surface area contributed by atoms with E-state index in [4.69, 9.17) is 0 Å². The Morgan fingerprint density at radius 2 is 2.05 bits per heavy atom. The molecule has 1 N–H and O–H groups in total. The van der Waals surface area contributed by atoms with Gasteiger partial charge in [-0.25, -0.2) is 4.39 Å².